The minimum atomic E-state index is 0.259. The van der Waals surface area contributed by atoms with E-state index in [0.717, 1.165) is 29.4 Å². The Hall–Kier alpha value is -1.43. The number of aromatic nitrogens is 1. The lowest BCUT2D eigenvalue weighted by atomic mass is 10.2. The number of rotatable bonds is 6. The molecule has 0 bridgehead atoms. The number of ether oxygens (including phenoxy) is 1. The number of methoxy groups -OCH3 is 1. The first-order valence-corrected chi connectivity index (χ1v) is 7.04. The van der Waals surface area contributed by atoms with Crippen molar-refractivity contribution in [2.75, 3.05) is 13.7 Å². The molecule has 2 aromatic rings. The monoisotopic (exact) mass is 278 g/mol. The van der Waals surface area contributed by atoms with Crippen molar-refractivity contribution in [1.29, 1.82) is 0 Å². The number of hydrogen-bond donors (Lipinski definition) is 2. The molecular formula is C14H18N2O2S. The van der Waals surface area contributed by atoms with Gasteiger partial charge < -0.3 is 15.2 Å². The van der Waals surface area contributed by atoms with E-state index < -0.39 is 0 Å². The van der Waals surface area contributed by atoms with Crippen molar-refractivity contribution in [3.63, 3.8) is 0 Å². The SMILES string of the molecule is CCNCc1sc(-c2cccc(O)c2)nc1COC. The minimum absolute atomic E-state index is 0.259. The number of phenols is 1. The van der Waals surface area contributed by atoms with Gasteiger partial charge in [0.2, 0.25) is 0 Å². The van der Waals surface area contributed by atoms with Crippen molar-refractivity contribution < 1.29 is 9.84 Å². The average molecular weight is 278 g/mol. The molecule has 0 unspecified atom stereocenters. The van der Waals surface area contributed by atoms with Crippen molar-refractivity contribution in [3.05, 3.63) is 34.8 Å². The normalized spacial score (nSPS) is 10.8. The number of nitrogens with one attached hydrogen (secondary N) is 1. The quantitative estimate of drug-likeness (QED) is 0.853. The van der Waals surface area contributed by atoms with Gasteiger partial charge in [0, 0.05) is 24.1 Å². The zero-order valence-corrected chi connectivity index (χ0v) is 12.0. The molecule has 0 saturated carbocycles. The van der Waals surface area contributed by atoms with E-state index in [4.69, 9.17) is 4.74 Å². The number of benzene rings is 1. The molecular weight excluding hydrogens is 260 g/mol. The zero-order valence-electron chi connectivity index (χ0n) is 11.1. The first-order valence-electron chi connectivity index (χ1n) is 6.22. The highest BCUT2D eigenvalue weighted by atomic mass is 32.1. The van der Waals surface area contributed by atoms with Gasteiger partial charge in [0.15, 0.2) is 0 Å². The Morgan fingerprint density at radius 2 is 2.26 bits per heavy atom. The van der Waals surface area contributed by atoms with Crippen LogP contribution < -0.4 is 5.32 Å². The van der Waals surface area contributed by atoms with Crippen LogP contribution >= 0.6 is 11.3 Å². The van der Waals surface area contributed by atoms with Crippen LogP contribution in [0, 0.1) is 0 Å². The van der Waals surface area contributed by atoms with Crippen LogP contribution in [0.25, 0.3) is 10.6 Å². The van der Waals surface area contributed by atoms with E-state index in [9.17, 15) is 5.11 Å². The summed E-state index contributed by atoms with van der Waals surface area (Å²) >= 11 is 1.64. The van der Waals surface area contributed by atoms with E-state index in [0.29, 0.717) is 6.61 Å². The Morgan fingerprint density at radius 3 is 2.95 bits per heavy atom. The topological polar surface area (TPSA) is 54.4 Å². The minimum Gasteiger partial charge on any atom is -0.508 e. The lowest BCUT2D eigenvalue weighted by Crippen LogP contribution is -2.12. The van der Waals surface area contributed by atoms with E-state index in [1.54, 1.807) is 30.6 Å². The summed E-state index contributed by atoms with van der Waals surface area (Å²) in [6, 6.07) is 7.16. The predicted octanol–water partition coefficient (Wildman–Crippen LogP) is 2.77. The lowest BCUT2D eigenvalue weighted by molar-refractivity contribution is 0.181. The maximum atomic E-state index is 9.54. The van der Waals surface area contributed by atoms with Crippen LogP contribution in [0.1, 0.15) is 17.5 Å². The van der Waals surface area contributed by atoms with Gasteiger partial charge in [-0.2, -0.15) is 0 Å². The molecule has 1 aromatic carbocycles. The Bertz CT molecular complexity index is 540. The molecule has 1 heterocycles. The molecule has 0 radical (unpaired) electrons. The molecule has 0 atom stereocenters. The van der Waals surface area contributed by atoms with Crippen LogP contribution in [0.2, 0.25) is 0 Å². The van der Waals surface area contributed by atoms with Crippen molar-refractivity contribution in [2.24, 2.45) is 0 Å². The predicted molar refractivity (Wildman–Crippen MR) is 77.3 cm³/mol. The fourth-order valence-electron chi connectivity index (χ4n) is 1.77. The van der Waals surface area contributed by atoms with Crippen LogP contribution in [-0.4, -0.2) is 23.7 Å². The van der Waals surface area contributed by atoms with Gasteiger partial charge >= 0.3 is 0 Å². The molecule has 0 aliphatic rings. The van der Waals surface area contributed by atoms with Gasteiger partial charge in [-0.3, -0.25) is 0 Å². The lowest BCUT2D eigenvalue weighted by Gasteiger charge is -2.00. The first kappa shape index (κ1) is 14.0. The zero-order chi connectivity index (χ0) is 13.7. The second-order valence-electron chi connectivity index (χ2n) is 4.15. The molecule has 0 amide bonds. The molecule has 2 N–H and O–H groups in total. The van der Waals surface area contributed by atoms with Gasteiger partial charge in [0.25, 0.3) is 0 Å². The van der Waals surface area contributed by atoms with Gasteiger partial charge in [0.1, 0.15) is 10.8 Å². The van der Waals surface area contributed by atoms with E-state index in [2.05, 4.69) is 17.2 Å². The molecule has 5 heteroatoms. The van der Waals surface area contributed by atoms with Gasteiger partial charge in [-0.05, 0) is 18.7 Å². The maximum absolute atomic E-state index is 9.54. The van der Waals surface area contributed by atoms with Crippen molar-refractivity contribution in [1.82, 2.24) is 10.3 Å². The summed E-state index contributed by atoms with van der Waals surface area (Å²) in [7, 11) is 1.67. The molecule has 0 saturated heterocycles. The van der Waals surface area contributed by atoms with Crippen molar-refractivity contribution in [2.45, 2.75) is 20.1 Å². The first-order chi connectivity index (χ1) is 9.24. The van der Waals surface area contributed by atoms with Gasteiger partial charge in [-0.1, -0.05) is 19.1 Å². The highest BCUT2D eigenvalue weighted by Gasteiger charge is 2.12. The van der Waals surface area contributed by atoms with Gasteiger partial charge in [0.05, 0.1) is 12.3 Å². The molecule has 0 spiro atoms. The summed E-state index contributed by atoms with van der Waals surface area (Å²) < 4.78 is 5.19. The molecule has 0 fully saturated rings. The third-order valence-corrected chi connectivity index (χ3v) is 3.83. The molecule has 19 heavy (non-hydrogen) atoms. The number of hydrogen-bond acceptors (Lipinski definition) is 5. The number of nitrogens with zero attached hydrogens (tertiary/aromatic N) is 1. The van der Waals surface area contributed by atoms with Crippen LogP contribution in [0.5, 0.6) is 5.75 Å². The number of thiazole rings is 1. The van der Waals surface area contributed by atoms with E-state index >= 15 is 0 Å². The third-order valence-electron chi connectivity index (χ3n) is 2.69. The van der Waals surface area contributed by atoms with Crippen molar-refractivity contribution >= 4 is 11.3 Å². The van der Waals surface area contributed by atoms with E-state index in [1.807, 2.05) is 12.1 Å². The molecule has 4 nitrogen and oxygen atoms in total. The third kappa shape index (κ3) is 3.53. The van der Waals surface area contributed by atoms with E-state index in [-0.39, 0.29) is 5.75 Å². The van der Waals surface area contributed by atoms with Crippen LogP contribution in [0.15, 0.2) is 24.3 Å². The summed E-state index contributed by atoms with van der Waals surface area (Å²) in [4.78, 5) is 5.79. The molecule has 0 aliphatic heterocycles. The highest BCUT2D eigenvalue weighted by Crippen LogP contribution is 2.30. The molecule has 2 rings (SSSR count). The number of aromatic hydroxyl groups is 1. The fraction of sp³-hybridized carbons (Fsp3) is 0.357. The second-order valence-corrected chi connectivity index (χ2v) is 5.24. The summed E-state index contributed by atoms with van der Waals surface area (Å²) in [6.45, 7) is 4.31. The summed E-state index contributed by atoms with van der Waals surface area (Å²) in [6.07, 6.45) is 0. The fourth-order valence-corrected chi connectivity index (χ4v) is 2.80. The average Bonchev–Trinajstić information content (AvgIpc) is 2.80. The van der Waals surface area contributed by atoms with Crippen molar-refractivity contribution in [3.8, 4) is 16.3 Å². The molecule has 102 valence electrons. The van der Waals surface area contributed by atoms with Crippen LogP contribution in [0.3, 0.4) is 0 Å². The summed E-state index contributed by atoms with van der Waals surface area (Å²) in [5, 5.41) is 13.8. The van der Waals surface area contributed by atoms with Crippen LogP contribution in [-0.2, 0) is 17.9 Å². The Labute approximate surface area is 117 Å². The Kier molecular flexibility index (Phi) is 4.90. The second kappa shape index (κ2) is 6.65. The largest absolute Gasteiger partial charge is 0.508 e. The summed E-state index contributed by atoms with van der Waals surface area (Å²) in [5.74, 6) is 0.259. The Balaban J connectivity index is 2.30. The standard InChI is InChI=1S/C14H18N2O2S/c1-3-15-8-13-12(9-18-2)16-14(19-13)10-5-4-6-11(17)7-10/h4-7,15,17H,3,8-9H2,1-2H3. The number of phenolic OH excluding ortho intramolecular Hbond substituents is 1. The molecule has 0 aliphatic carbocycles. The summed E-state index contributed by atoms with van der Waals surface area (Å²) in [5.41, 5.74) is 1.90. The maximum Gasteiger partial charge on any atom is 0.124 e. The van der Waals surface area contributed by atoms with Gasteiger partial charge in [-0.25, -0.2) is 4.98 Å². The smallest absolute Gasteiger partial charge is 0.124 e. The van der Waals surface area contributed by atoms with Gasteiger partial charge in [-0.15, -0.1) is 11.3 Å². The molecule has 1 aromatic heterocycles. The highest BCUT2D eigenvalue weighted by molar-refractivity contribution is 7.15. The van der Waals surface area contributed by atoms with E-state index in [1.165, 1.54) is 4.88 Å². The van der Waals surface area contributed by atoms with Crippen LogP contribution in [0.4, 0.5) is 0 Å². The Morgan fingerprint density at radius 1 is 1.42 bits per heavy atom.